The highest BCUT2D eigenvalue weighted by molar-refractivity contribution is 5.89. The number of nitrogens with zero attached hydrogens (tertiary/aromatic N) is 3. The Bertz CT molecular complexity index is 755. The number of aromatic nitrogens is 2. The summed E-state index contributed by atoms with van der Waals surface area (Å²) in [6.07, 6.45) is 6.47. The molecule has 0 aliphatic heterocycles. The smallest absolute Gasteiger partial charge is 0.205 e. The first-order valence-electron chi connectivity index (χ1n) is 8.17. The second kappa shape index (κ2) is 7.35. The summed E-state index contributed by atoms with van der Waals surface area (Å²) in [7, 11) is 0. The van der Waals surface area contributed by atoms with E-state index in [4.69, 9.17) is 6.57 Å². The lowest BCUT2D eigenvalue weighted by Crippen LogP contribution is -2.29. The van der Waals surface area contributed by atoms with Crippen LogP contribution < -0.4 is 0 Å². The summed E-state index contributed by atoms with van der Waals surface area (Å²) in [5, 5.41) is 0. The zero-order chi connectivity index (χ0) is 17.7. The van der Waals surface area contributed by atoms with Crippen molar-refractivity contribution in [3.8, 4) is 11.3 Å². The van der Waals surface area contributed by atoms with Gasteiger partial charge in [-0.25, -0.2) is 4.85 Å². The Labute approximate surface area is 143 Å². The fourth-order valence-corrected chi connectivity index (χ4v) is 2.46. The monoisotopic (exact) mass is 321 g/mol. The van der Waals surface area contributed by atoms with Crippen molar-refractivity contribution in [1.29, 1.82) is 0 Å². The molecule has 0 bridgehead atoms. The summed E-state index contributed by atoms with van der Waals surface area (Å²) < 4.78 is 0. The molecule has 0 amide bonds. The van der Waals surface area contributed by atoms with Crippen molar-refractivity contribution in [2.45, 2.75) is 46.0 Å². The number of rotatable bonds is 6. The van der Waals surface area contributed by atoms with Crippen LogP contribution in [-0.2, 0) is 10.2 Å². The number of carbonyl (C=O) groups excluding carboxylic acids is 1. The minimum atomic E-state index is -0.545. The van der Waals surface area contributed by atoms with E-state index < -0.39 is 5.41 Å². The Balaban J connectivity index is 2.21. The number of ketones is 1. The first-order chi connectivity index (χ1) is 11.3. The first kappa shape index (κ1) is 17.8. The van der Waals surface area contributed by atoms with Crippen molar-refractivity contribution in [1.82, 2.24) is 9.97 Å². The number of carbonyl (C=O) groups is 1. The quantitative estimate of drug-likeness (QED) is 0.705. The van der Waals surface area contributed by atoms with Gasteiger partial charge in [-0.15, -0.1) is 0 Å². The van der Waals surface area contributed by atoms with Gasteiger partial charge in [-0.05, 0) is 43.9 Å². The molecule has 4 nitrogen and oxygen atoms in total. The molecule has 0 aliphatic rings. The van der Waals surface area contributed by atoms with E-state index in [1.165, 1.54) is 6.20 Å². The molecule has 0 spiro atoms. The van der Waals surface area contributed by atoms with Gasteiger partial charge >= 0.3 is 0 Å². The summed E-state index contributed by atoms with van der Waals surface area (Å²) in [4.78, 5) is 24.5. The molecule has 0 saturated heterocycles. The molecular formula is C20H23N3O. The lowest BCUT2D eigenvalue weighted by Gasteiger charge is -2.24. The van der Waals surface area contributed by atoms with Crippen LogP contribution in [0.4, 0.5) is 5.69 Å². The molecule has 0 N–H and O–H groups in total. The van der Waals surface area contributed by atoms with Gasteiger partial charge < -0.3 is 0 Å². The zero-order valence-corrected chi connectivity index (χ0v) is 14.7. The van der Waals surface area contributed by atoms with E-state index in [0.717, 1.165) is 23.2 Å². The summed E-state index contributed by atoms with van der Waals surface area (Å²) in [5.41, 5.74) is 2.41. The predicted octanol–water partition coefficient (Wildman–Crippen LogP) is 4.98. The summed E-state index contributed by atoms with van der Waals surface area (Å²) in [5.74, 6) is 0.759. The van der Waals surface area contributed by atoms with E-state index in [9.17, 15) is 4.79 Å². The van der Waals surface area contributed by atoms with Gasteiger partial charge in [-0.2, -0.15) is 0 Å². The third-order valence-corrected chi connectivity index (χ3v) is 4.28. The molecule has 0 aliphatic carbocycles. The van der Waals surface area contributed by atoms with Crippen LogP contribution in [0.15, 0.2) is 36.8 Å². The molecule has 4 heteroatoms. The molecule has 0 unspecified atom stereocenters. The standard InChI is InChI=1S/C20H23N3O/c1-14(2)6-9-19(24)20(3,4)16-7-8-18(23-12-16)15-10-17(21-5)13-22-11-15/h7-8,10-14H,6,9H2,1-4H3. The molecule has 0 radical (unpaired) electrons. The first-order valence-corrected chi connectivity index (χ1v) is 8.17. The van der Waals surface area contributed by atoms with Crippen LogP contribution >= 0.6 is 0 Å². The van der Waals surface area contributed by atoms with Crippen LogP contribution in [0.25, 0.3) is 16.1 Å². The molecule has 0 aromatic carbocycles. The number of pyridine rings is 2. The maximum Gasteiger partial charge on any atom is 0.205 e. The topological polar surface area (TPSA) is 47.2 Å². The minimum absolute atomic E-state index is 0.238. The summed E-state index contributed by atoms with van der Waals surface area (Å²) in [6.45, 7) is 15.2. The lowest BCUT2D eigenvalue weighted by molar-refractivity contribution is -0.123. The van der Waals surface area contributed by atoms with Crippen molar-refractivity contribution in [2.75, 3.05) is 0 Å². The number of hydrogen-bond donors (Lipinski definition) is 0. The van der Waals surface area contributed by atoms with Crippen LogP contribution in [0, 0.1) is 12.5 Å². The summed E-state index contributed by atoms with van der Waals surface area (Å²) >= 11 is 0. The highest BCUT2D eigenvalue weighted by atomic mass is 16.1. The van der Waals surface area contributed by atoms with Crippen LogP contribution in [0.2, 0.25) is 0 Å². The SMILES string of the molecule is [C-]#[N+]c1cncc(-c2ccc(C(C)(C)C(=O)CCC(C)C)cn2)c1. The van der Waals surface area contributed by atoms with Crippen LogP contribution in [-0.4, -0.2) is 15.8 Å². The molecule has 24 heavy (non-hydrogen) atoms. The maximum atomic E-state index is 12.5. The second-order valence-corrected chi connectivity index (χ2v) is 6.96. The van der Waals surface area contributed by atoms with Gasteiger partial charge in [-0.3, -0.25) is 14.8 Å². The van der Waals surface area contributed by atoms with E-state index in [1.807, 2.05) is 26.0 Å². The van der Waals surface area contributed by atoms with Gasteiger partial charge in [0, 0.05) is 36.0 Å². The Kier molecular flexibility index (Phi) is 5.46. The molecule has 2 aromatic rings. The third kappa shape index (κ3) is 4.05. The van der Waals surface area contributed by atoms with Crippen molar-refractivity contribution >= 4 is 11.5 Å². The average molecular weight is 321 g/mol. The molecule has 0 saturated carbocycles. The highest BCUT2D eigenvalue weighted by Gasteiger charge is 2.29. The Morgan fingerprint density at radius 3 is 2.58 bits per heavy atom. The molecule has 124 valence electrons. The Morgan fingerprint density at radius 1 is 1.25 bits per heavy atom. The summed E-state index contributed by atoms with van der Waals surface area (Å²) in [6, 6.07) is 5.60. The van der Waals surface area contributed by atoms with E-state index >= 15 is 0 Å². The fourth-order valence-electron chi connectivity index (χ4n) is 2.46. The van der Waals surface area contributed by atoms with E-state index in [0.29, 0.717) is 18.0 Å². The molecule has 0 fully saturated rings. The van der Waals surface area contributed by atoms with Crippen molar-refractivity contribution in [3.63, 3.8) is 0 Å². The number of Topliss-reactive ketones (excluding diaryl/α,β-unsaturated/α-hetero) is 1. The largest absolute Gasteiger partial charge is 0.299 e. The fraction of sp³-hybridized carbons (Fsp3) is 0.400. The van der Waals surface area contributed by atoms with Gasteiger partial charge in [0.25, 0.3) is 0 Å². The Hall–Kier alpha value is -2.54. The third-order valence-electron chi connectivity index (χ3n) is 4.28. The zero-order valence-electron chi connectivity index (χ0n) is 14.7. The van der Waals surface area contributed by atoms with Gasteiger partial charge in [-0.1, -0.05) is 19.9 Å². The average Bonchev–Trinajstić information content (AvgIpc) is 2.59. The minimum Gasteiger partial charge on any atom is -0.299 e. The predicted molar refractivity (Wildman–Crippen MR) is 95.8 cm³/mol. The molecule has 2 rings (SSSR count). The van der Waals surface area contributed by atoms with E-state index in [2.05, 4.69) is 28.7 Å². The van der Waals surface area contributed by atoms with Gasteiger partial charge in [0.05, 0.1) is 12.3 Å². The maximum absolute atomic E-state index is 12.5. The van der Waals surface area contributed by atoms with E-state index in [-0.39, 0.29) is 5.78 Å². The van der Waals surface area contributed by atoms with Gasteiger partial charge in [0.2, 0.25) is 5.69 Å². The van der Waals surface area contributed by atoms with Gasteiger partial charge in [0.1, 0.15) is 5.78 Å². The molecule has 2 aromatic heterocycles. The normalized spacial score (nSPS) is 11.3. The van der Waals surface area contributed by atoms with E-state index in [1.54, 1.807) is 18.5 Å². The Morgan fingerprint density at radius 2 is 2.00 bits per heavy atom. The van der Waals surface area contributed by atoms with Crippen LogP contribution in [0.3, 0.4) is 0 Å². The highest BCUT2D eigenvalue weighted by Crippen LogP contribution is 2.28. The van der Waals surface area contributed by atoms with Crippen molar-refractivity contribution in [3.05, 3.63) is 53.8 Å². The lowest BCUT2D eigenvalue weighted by atomic mass is 9.79. The van der Waals surface area contributed by atoms with Crippen LogP contribution in [0.1, 0.15) is 46.1 Å². The van der Waals surface area contributed by atoms with Crippen LogP contribution in [0.5, 0.6) is 0 Å². The number of hydrogen-bond acceptors (Lipinski definition) is 3. The second-order valence-electron chi connectivity index (χ2n) is 6.96. The molecular weight excluding hydrogens is 298 g/mol. The van der Waals surface area contributed by atoms with Crippen molar-refractivity contribution in [2.24, 2.45) is 5.92 Å². The molecule has 2 heterocycles. The van der Waals surface area contributed by atoms with Gasteiger partial charge in [0.15, 0.2) is 0 Å². The molecule has 0 atom stereocenters. The van der Waals surface area contributed by atoms with Crippen molar-refractivity contribution < 1.29 is 4.79 Å².